The Bertz CT molecular complexity index is 457. The third-order valence-corrected chi connectivity index (χ3v) is 3.30. The van der Waals surface area contributed by atoms with Crippen LogP contribution >= 0.6 is 11.6 Å². The molecule has 0 spiro atoms. The second kappa shape index (κ2) is 4.30. The van der Waals surface area contributed by atoms with E-state index in [1.807, 2.05) is 4.90 Å². The van der Waals surface area contributed by atoms with Crippen LogP contribution in [-0.2, 0) is 6.18 Å². The van der Waals surface area contributed by atoms with Gasteiger partial charge in [0.25, 0.3) is 0 Å². The summed E-state index contributed by atoms with van der Waals surface area (Å²) in [6.45, 7) is 5.57. The summed E-state index contributed by atoms with van der Waals surface area (Å²) < 4.78 is 38.0. The minimum absolute atomic E-state index is 0.0996. The average molecular weight is 279 g/mol. The molecule has 0 amide bonds. The molecule has 6 heteroatoms. The van der Waals surface area contributed by atoms with E-state index in [2.05, 4.69) is 18.8 Å². The fourth-order valence-electron chi connectivity index (χ4n) is 2.12. The molecule has 0 unspecified atom stereocenters. The molecule has 0 N–H and O–H groups in total. The van der Waals surface area contributed by atoms with E-state index in [1.165, 1.54) is 0 Å². The fourth-order valence-corrected chi connectivity index (χ4v) is 2.32. The molecule has 100 valence electrons. The van der Waals surface area contributed by atoms with E-state index in [9.17, 15) is 13.2 Å². The Balaban J connectivity index is 2.32. The Kier molecular flexibility index (Phi) is 3.21. The van der Waals surface area contributed by atoms with Gasteiger partial charge in [-0.3, -0.25) is 0 Å². The van der Waals surface area contributed by atoms with Crippen molar-refractivity contribution in [2.75, 3.05) is 18.0 Å². The van der Waals surface area contributed by atoms with E-state index in [1.54, 1.807) is 0 Å². The molecule has 1 fully saturated rings. The highest BCUT2D eigenvalue weighted by Crippen LogP contribution is 2.36. The van der Waals surface area contributed by atoms with Crippen LogP contribution in [-0.4, -0.2) is 18.1 Å². The van der Waals surface area contributed by atoms with Gasteiger partial charge in [0.2, 0.25) is 0 Å². The standard InChI is InChI=1S/C12H14ClF3N2/c1-11(2)3-4-18(7-11)10-6-8(12(14,15)16)5-9(13)17-10/h5-6H,3-4,7H2,1-2H3. The molecular weight excluding hydrogens is 265 g/mol. The fraction of sp³-hybridized carbons (Fsp3) is 0.583. The van der Waals surface area contributed by atoms with Crippen molar-refractivity contribution in [3.05, 3.63) is 22.8 Å². The zero-order valence-electron chi connectivity index (χ0n) is 10.2. The van der Waals surface area contributed by atoms with E-state index in [-0.39, 0.29) is 10.6 Å². The van der Waals surface area contributed by atoms with E-state index < -0.39 is 11.7 Å². The maximum absolute atomic E-state index is 12.7. The Morgan fingerprint density at radius 3 is 2.50 bits per heavy atom. The van der Waals surface area contributed by atoms with Gasteiger partial charge in [0, 0.05) is 13.1 Å². The largest absolute Gasteiger partial charge is 0.416 e. The number of nitrogens with zero attached hydrogens (tertiary/aromatic N) is 2. The smallest absolute Gasteiger partial charge is 0.356 e. The minimum atomic E-state index is -4.39. The predicted molar refractivity (Wildman–Crippen MR) is 64.9 cm³/mol. The van der Waals surface area contributed by atoms with Crippen LogP contribution in [0.25, 0.3) is 0 Å². The lowest BCUT2D eigenvalue weighted by atomic mass is 9.93. The first kappa shape index (κ1) is 13.5. The van der Waals surface area contributed by atoms with Crippen LogP contribution < -0.4 is 4.90 Å². The van der Waals surface area contributed by atoms with Gasteiger partial charge >= 0.3 is 6.18 Å². The molecule has 1 aromatic heterocycles. The van der Waals surface area contributed by atoms with Crippen LogP contribution in [0.5, 0.6) is 0 Å². The normalized spacial score (nSPS) is 19.3. The van der Waals surface area contributed by atoms with Crippen LogP contribution in [0.1, 0.15) is 25.8 Å². The number of alkyl halides is 3. The third-order valence-electron chi connectivity index (χ3n) is 3.11. The van der Waals surface area contributed by atoms with Crippen LogP contribution in [0.4, 0.5) is 19.0 Å². The monoisotopic (exact) mass is 278 g/mol. The highest BCUT2D eigenvalue weighted by Gasteiger charge is 2.34. The molecule has 18 heavy (non-hydrogen) atoms. The van der Waals surface area contributed by atoms with Crippen LogP contribution in [0, 0.1) is 5.41 Å². The van der Waals surface area contributed by atoms with Crippen molar-refractivity contribution >= 4 is 17.4 Å². The topological polar surface area (TPSA) is 16.1 Å². The predicted octanol–water partition coefficient (Wildman–Crippen LogP) is 3.99. The summed E-state index contributed by atoms with van der Waals surface area (Å²) in [4.78, 5) is 5.83. The summed E-state index contributed by atoms with van der Waals surface area (Å²) >= 11 is 5.67. The van der Waals surface area contributed by atoms with Crippen molar-refractivity contribution in [1.82, 2.24) is 4.98 Å². The van der Waals surface area contributed by atoms with Gasteiger partial charge in [-0.2, -0.15) is 13.2 Å². The van der Waals surface area contributed by atoms with Crippen molar-refractivity contribution in [2.24, 2.45) is 5.41 Å². The number of anilines is 1. The number of pyridine rings is 1. The lowest BCUT2D eigenvalue weighted by molar-refractivity contribution is -0.137. The number of hydrogen-bond acceptors (Lipinski definition) is 2. The van der Waals surface area contributed by atoms with Crippen molar-refractivity contribution in [3.63, 3.8) is 0 Å². The Hall–Kier alpha value is -0.970. The molecule has 1 aromatic rings. The molecule has 0 bridgehead atoms. The maximum atomic E-state index is 12.7. The zero-order valence-corrected chi connectivity index (χ0v) is 10.9. The summed E-state index contributed by atoms with van der Waals surface area (Å²) in [5.41, 5.74) is -0.648. The molecule has 0 aliphatic carbocycles. The average Bonchev–Trinajstić information content (AvgIpc) is 2.56. The molecule has 0 atom stereocenters. The molecular formula is C12H14ClF3N2. The van der Waals surface area contributed by atoms with Gasteiger partial charge in [0.1, 0.15) is 11.0 Å². The maximum Gasteiger partial charge on any atom is 0.416 e. The first-order valence-corrected chi connectivity index (χ1v) is 6.05. The summed E-state index contributed by atoms with van der Waals surface area (Å²) in [6, 6.07) is 1.92. The van der Waals surface area contributed by atoms with Crippen molar-refractivity contribution in [1.29, 1.82) is 0 Å². The second-order valence-corrected chi connectivity index (χ2v) is 5.76. The number of hydrogen-bond donors (Lipinski definition) is 0. The van der Waals surface area contributed by atoms with Crippen molar-refractivity contribution in [2.45, 2.75) is 26.4 Å². The molecule has 0 radical (unpaired) electrons. The van der Waals surface area contributed by atoms with E-state index in [4.69, 9.17) is 11.6 Å². The van der Waals surface area contributed by atoms with Gasteiger partial charge in [-0.25, -0.2) is 4.98 Å². The van der Waals surface area contributed by atoms with Crippen LogP contribution in [0.3, 0.4) is 0 Å². The summed E-state index contributed by atoms with van der Waals surface area (Å²) in [5.74, 6) is 0.306. The van der Waals surface area contributed by atoms with Crippen LogP contribution in [0.15, 0.2) is 12.1 Å². The number of rotatable bonds is 1. The lowest BCUT2D eigenvalue weighted by Crippen LogP contribution is -2.24. The Morgan fingerprint density at radius 1 is 1.33 bits per heavy atom. The van der Waals surface area contributed by atoms with Crippen LogP contribution in [0.2, 0.25) is 5.15 Å². The quantitative estimate of drug-likeness (QED) is 0.722. The zero-order chi connectivity index (χ0) is 13.6. The number of halogens is 4. The minimum Gasteiger partial charge on any atom is -0.356 e. The third kappa shape index (κ3) is 2.88. The summed E-state index contributed by atoms with van der Waals surface area (Å²) in [5, 5.41) is -0.121. The second-order valence-electron chi connectivity index (χ2n) is 5.37. The van der Waals surface area contributed by atoms with Gasteiger partial charge in [0.05, 0.1) is 5.56 Å². The van der Waals surface area contributed by atoms with Gasteiger partial charge < -0.3 is 4.90 Å². The highest BCUT2D eigenvalue weighted by molar-refractivity contribution is 6.29. The van der Waals surface area contributed by atoms with Gasteiger partial charge in [-0.1, -0.05) is 25.4 Å². The Labute approximate surface area is 109 Å². The molecule has 0 aromatic carbocycles. The molecule has 2 nitrogen and oxygen atoms in total. The molecule has 1 aliphatic heterocycles. The van der Waals surface area contributed by atoms with Gasteiger partial charge in [-0.05, 0) is 24.0 Å². The van der Waals surface area contributed by atoms with E-state index in [0.717, 1.165) is 18.6 Å². The molecule has 1 aliphatic rings. The summed E-state index contributed by atoms with van der Waals surface area (Å²) in [7, 11) is 0. The highest BCUT2D eigenvalue weighted by atomic mass is 35.5. The van der Waals surface area contributed by atoms with E-state index in [0.29, 0.717) is 18.9 Å². The molecule has 0 saturated carbocycles. The van der Waals surface area contributed by atoms with Crippen molar-refractivity contribution in [3.8, 4) is 0 Å². The van der Waals surface area contributed by atoms with Gasteiger partial charge in [0.15, 0.2) is 0 Å². The first-order valence-electron chi connectivity index (χ1n) is 5.67. The lowest BCUT2D eigenvalue weighted by Gasteiger charge is -2.21. The van der Waals surface area contributed by atoms with Gasteiger partial charge in [-0.15, -0.1) is 0 Å². The summed E-state index contributed by atoms with van der Waals surface area (Å²) in [6.07, 6.45) is -3.46. The molecule has 2 heterocycles. The molecule has 1 saturated heterocycles. The number of aromatic nitrogens is 1. The Morgan fingerprint density at radius 2 is 2.00 bits per heavy atom. The van der Waals surface area contributed by atoms with E-state index >= 15 is 0 Å². The SMILES string of the molecule is CC1(C)CCN(c2cc(C(F)(F)F)cc(Cl)n2)C1. The molecule has 2 rings (SSSR count). The van der Waals surface area contributed by atoms with Crippen molar-refractivity contribution < 1.29 is 13.2 Å². The first-order chi connectivity index (χ1) is 8.17.